The summed E-state index contributed by atoms with van der Waals surface area (Å²) in [5.74, 6) is -1.07. The molecule has 73 heavy (non-hydrogen) atoms. The number of para-hydroxylation sites is 1. The van der Waals surface area contributed by atoms with E-state index < -0.39 is 39.7 Å². The minimum absolute atomic E-state index is 0.0344. The van der Waals surface area contributed by atoms with E-state index in [0.29, 0.717) is 62.6 Å². The molecule has 5 N–H and O–H groups in total. The number of hydrogen-bond acceptors (Lipinski definition) is 21. The molecular formula is C51H75N7O14S. The van der Waals surface area contributed by atoms with Gasteiger partial charge in [0.1, 0.15) is 58.5 Å². The number of aliphatic hydroxyl groups is 3. The summed E-state index contributed by atoms with van der Waals surface area (Å²) in [6.07, 6.45) is 4.96. The number of esters is 3. The zero-order valence-corrected chi connectivity index (χ0v) is 43.8. The maximum absolute atomic E-state index is 14.2. The highest BCUT2D eigenvalue weighted by atomic mass is 32.2. The lowest BCUT2D eigenvalue weighted by molar-refractivity contribution is -0.150. The number of aliphatic hydroxyl groups excluding tert-OH is 3. The Morgan fingerprint density at radius 3 is 1.88 bits per heavy atom. The summed E-state index contributed by atoms with van der Waals surface area (Å²) in [4.78, 5) is 43.4. The number of azo groups is 1. The van der Waals surface area contributed by atoms with Crippen LogP contribution in [0.25, 0.3) is 0 Å². The van der Waals surface area contributed by atoms with Crippen LogP contribution in [-0.2, 0) is 43.2 Å². The van der Waals surface area contributed by atoms with Gasteiger partial charge in [0, 0.05) is 88.6 Å². The summed E-state index contributed by atoms with van der Waals surface area (Å²) in [5, 5.41) is 52.7. The van der Waals surface area contributed by atoms with Crippen molar-refractivity contribution >= 4 is 56.4 Å². The van der Waals surface area contributed by atoms with Crippen LogP contribution in [0.2, 0.25) is 0 Å². The number of methoxy groups -OCH3 is 2. The fourth-order valence-corrected chi connectivity index (χ4v) is 8.85. The number of benzene rings is 2. The van der Waals surface area contributed by atoms with E-state index in [1.165, 1.54) is 26.4 Å². The van der Waals surface area contributed by atoms with Crippen LogP contribution in [0.1, 0.15) is 102 Å². The molecule has 3 rings (SSSR count). The van der Waals surface area contributed by atoms with E-state index in [2.05, 4.69) is 26.9 Å². The molecule has 3 aromatic rings. The van der Waals surface area contributed by atoms with Crippen molar-refractivity contribution < 1.29 is 66.5 Å². The number of nitrogens with one attached hydrogen (secondary N) is 2. The molecule has 0 spiro atoms. The van der Waals surface area contributed by atoms with Gasteiger partial charge in [-0.25, -0.2) is 13.4 Å². The first-order valence-electron chi connectivity index (χ1n) is 24.8. The third kappa shape index (κ3) is 22.8. The number of nitriles is 1. The molecule has 0 radical (unpaired) electrons. The number of rotatable bonds is 38. The van der Waals surface area contributed by atoms with Crippen LogP contribution in [0.5, 0.6) is 11.5 Å². The first kappa shape index (κ1) is 61.3. The fourth-order valence-electron chi connectivity index (χ4n) is 7.39. The van der Waals surface area contributed by atoms with Crippen LogP contribution < -0.4 is 20.1 Å². The van der Waals surface area contributed by atoms with Gasteiger partial charge in [-0.05, 0) is 71.4 Å². The third-order valence-electron chi connectivity index (χ3n) is 11.1. The van der Waals surface area contributed by atoms with Crippen LogP contribution in [0.3, 0.4) is 0 Å². The van der Waals surface area contributed by atoms with Crippen molar-refractivity contribution in [2.75, 3.05) is 96.4 Å². The lowest BCUT2D eigenvalue weighted by Gasteiger charge is -2.28. The van der Waals surface area contributed by atoms with Crippen LogP contribution in [0.4, 0.5) is 28.7 Å². The van der Waals surface area contributed by atoms with Crippen molar-refractivity contribution in [2.45, 2.75) is 115 Å². The number of sulfone groups is 1. The Bertz CT molecular complexity index is 2300. The van der Waals surface area contributed by atoms with Gasteiger partial charge < -0.3 is 54.4 Å². The number of nitrogens with zero attached hydrogens (tertiary/aromatic N) is 5. The van der Waals surface area contributed by atoms with Gasteiger partial charge in [-0.2, -0.15) is 5.26 Å². The maximum atomic E-state index is 14.2. The molecule has 0 saturated heterocycles. The number of unbranched alkanes of at least 4 members (excludes halogenated alkanes) is 6. The number of carbonyl (C=O) groups excluding carboxylic acids is 3. The number of aromatic nitrogens is 1. The molecule has 0 aliphatic carbocycles. The van der Waals surface area contributed by atoms with Gasteiger partial charge in [0.2, 0.25) is 0 Å². The van der Waals surface area contributed by atoms with Gasteiger partial charge >= 0.3 is 17.9 Å². The Morgan fingerprint density at radius 1 is 0.753 bits per heavy atom. The second-order valence-electron chi connectivity index (χ2n) is 17.2. The van der Waals surface area contributed by atoms with E-state index >= 15 is 0 Å². The molecule has 404 valence electrons. The fraction of sp³-hybridized carbons (Fsp3) is 0.588. The summed E-state index contributed by atoms with van der Waals surface area (Å²) in [6.45, 7) is 6.21. The first-order valence-corrected chi connectivity index (χ1v) is 26.4. The second-order valence-corrected chi connectivity index (χ2v) is 19.3. The molecule has 0 aliphatic heterocycles. The Kier molecular flexibility index (Phi) is 29.0. The molecule has 0 fully saturated rings. The van der Waals surface area contributed by atoms with E-state index in [0.717, 1.165) is 6.42 Å². The van der Waals surface area contributed by atoms with Crippen molar-refractivity contribution in [3.8, 4) is 17.6 Å². The van der Waals surface area contributed by atoms with E-state index in [1.807, 2.05) is 30.3 Å². The SMILES string of the molecule is COc1cc(S(=O)(=O)CCN(CC(C)OC(=O)CCCCCO)CC(C)OC(=O)CCCCCO)c(OC)cc1/N=N/c1c(Nc2ccccc2)nc(NCCOCCOC(=O)CCCCCO)c(C#N)c1C. The molecule has 22 heteroatoms. The van der Waals surface area contributed by atoms with E-state index in [4.69, 9.17) is 48.7 Å². The smallest absolute Gasteiger partial charge is 0.306 e. The van der Waals surface area contributed by atoms with Crippen molar-refractivity contribution in [1.82, 2.24) is 9.88 Å². The van der Waals surface area contributed by atoms with Crippen LogP contribution in [0.15, 0.2) is 57.6 Å². The lowest BCUT2D eigenvalue weighted by Crippen LogP contribution is -2.41. The molecule has 1 aromatic heterocycles. The van der Waals surface area contributed by atoms with Crippen molar-refractivity contribution in [2.24, 2.45) is 10.2 Å². The van der Waals surface area contributed by atoms with Gasteiger partial charge in [-0.1, -0.05) is 37.5 Å². The lowest BCUT2D eigenvalue weighted by atomic mass is 10.1. The number of ether oxygens (including phenoxy) is 6. The van der Waals surface area contributed by atoms with Crippen LogP contribution in [-0.4, -0.2) is 150 Å². The zero-order chi connectivity index (χ0) is 53.4. The topological polar surface area (TPSA) is 290 Å². The summed E-state index contributed by atoms with van der Waals surface area (Å²) in [5.41, 5.74) is 1.59. The number of carbonyl (C=O) groups is 3. The number of pyridine rings is 1. The first-order chi connectivity index (χ1) is 35.2. The molecule has 1 heterocycles. The Labute approximate surface area is 429 Å². The summed E-state index contributed by atoms with van der Waals surface area (Å²) in [7, 11) is -1.45. The highest BCUT2D eigenvalue weighted by Crippen LogP contribution is 2.41. The van der Waals surface area contributed by atoms with Gasteiger partial charge in [0.05, 0.1) is 38.7 Å². The van der Waals surface area contributed by atoms with Gasteiger partial charge in [0.15, 0.2) is 15.7 Å². The monoisotopic (exact) mass is 1040 g/mol. The molecule has 0 aliphatic rings. The Morgan fingerprint density at radius 2 is 1.33 bits per heavy atom. The highest BCUT2D eigenvalue weighted by molar-refractivity contribution is 7.91. The molecule has 2 aromatic carbocycles. The van der Waals surface area contributed by atoms with Crippen molar-refractivity contribution in [1.29, 1.82) is 5.26 Å². The van der Waals surface area contributed by atoms with E-state index in [1.54, 1.807) is 25.7 Å². The molecule has 0 bridgehead atoms. The number of hydrogen-bond donors (Lipinski definition) is 5. The van der Waals surface area contributed by atoms with Crippen LogP contribution >= 0.6 is 0 Å². The number of anilines is 3. The molecule has 2 atom stereocenters. The third-order valence-corrected chi connectivity index (χ3v) is 12.8. The van der Waals surface area contributed by atoms with Gasteiger partial charge in [-0.3, -0.25) is 19.3 Å². The maximum Gasteiger partial charge on any atom is 0.306 e. The Balaban J connectivity index is 1.86. The molecule has 21 nitrogen and oxygen atoms in total. The quantitative estimate of drug-likeness (QED) is 0.0167. The Hall–Kier alpha value is -5.96. The molecule has 0 amide bonds. The zero-order valence-electron chi connectivity index (χ0n) is 42.9. The predicted molar refractivity (Wildman–Crippen MR) is 274 cm³/mol. The average molecular weight is 1040 g/mol. The van der Waals surface area contributed by atoms with Crippen molar-refractivity contribution in [3.63, 3.8) is 0 Å². The van der Waals surface area contributed by atoms with Crippen molar-refractivity contribution in [3.05, 3.63) is 53.6 Å². The second kappa shape index (κ2) is 34.5. The van der Waals surface area contributed by atoms with Gasteiger partial charge in [-0.15, -0.1) is 10.2 Å². The summed E-state index contributed by atoms with van der Waals surface area (Å²) in [6, 6.07) is 14.0. The molecule has 2 unspecified atom stereocenters. The highest BCUT2D eigenvalue weighted by Gasteiger charge is 2.27. The summed E-state index contributed by atoms with van der Waals surface area (Å²) >= 11 is 0. The average Bonchev–Trinajstić information content (AvgIpc) is 3.36. The predicted octanol–water partition coefficient (Wildman–Crippen LogP) is 7.01. The normalized spacial score (nSPS) is 12.3. The molecule has 0 saturated carbocycles. The van der Waals surface area contributed by atoms with E-state index in [-0.39, 0.29) is 136 Å². The van der Waals surface area contributed by atoms with Crippen LogP contribution in [0, 0.1) is 18.3 Å². The largest absolute Gasteiger partial charge is 0.495 e. The standard InChI is InChI=1S/C51H75N7O14S/c1-37(71-47(63)21-13-8-16-26-60)35-58(36-38(2)72-48(64)22-14-9-17-27-61)24-31-73(65,66)45-33-43(67-4)42(32-44(45)68-5)56-57-49-39(3)41(34-52)50(55-51(49)54-40-18-10-6-11-19-40)53-23-28-69-29-30-70-46(62)20-12-7-15-25-59/h6,10-11,18-19,32-33,37-38,59-61H,7-9,12-17,20-31,35-36H2,1-5H3,(H2,53,54,55)/b57-56+. The minimum atomic E-state index is -4.13. The summed E-state index contributed by atoms with van der Waals surface area (Å²) < 4.78 is 61.8. The van der Waals surface area contributed by atoms with Gasteiger partial charge in [0.25, 0.3) is 0 Å². The minimum Gasteiger partial charge on any atom is -0.495 e. The molecular weight excluding hydrogens is 967 g/mol. The van der Waals surface area contributed by atoms with E-state index in [9.17, 15) is 28.1 Å².